The summed E-state index contributed by atoms with van der Waals surface area (Å²) in [6.45, 7) is 2.17. The van der Waals surface area contributed by atoms with Crippen molar-refractivity contribution in [1.29, 1.82) is 5.26 Å². The molecule has 0 heterocycles. The summed E-state index contributed by atoms with van der Waals surface area (Å²) in [7, 11) is -2.14. The standard InChI is InChI=1S/C18H19ClN2O4S/c1-3-13(12-24-2)21-26(22,23)15-9-7-14(8-10-15)25-18-6-4-5-17(19)16(18)11-20/h4-10,13,21H,3,12H2,1-2H3. The van der Waals surface area contributed by atoms with Crippen LogP contribution < -0.4 is 9.46 Å². The van der Waals surface area contributed by atoms with Crippen molar-refractivity contribution in [1.82, 2.24) is 4.72 Å². The van der Waals surface area contributed by atoms with Gasteiger partial charge in [0.05, 0.1) is 16.5 Å². The second-order valence-electron chi connectivity index (χ2n) is 5.48. The number of halogens is 1. The number of ether oxygens (including phenoxy) is 2. The van der Waals surface area contributed by atoms with E-state index in [1.54, 1.807) is 18.2 Å². The summed E-state index contributed by atoms with van der Waals surface area (Å²) in [5, 5.41) is 9.46. The lowest BCUT2D eigenvalue weighted by Crippen LogP contribution is -2.37. The average molecular weight is 395 g/mol. The molecule has 0 aliphatic rings. The molecular formula is C18H19ClN2O4S. The molecule has 8 heteroatoms. The first-order valence-corrected chi connectivity index (χ1v) is 9.75. The zero-order valence-corrected chi connectivity index (χ0v) is 16.0. The number of benzene rings is 2. The molecule has 1 unspecified atom stereocenters. The van der Waals surface area contributed by atoms with Crippen molar-refractivity contribution in [2.45, 2.75) is 24.3 Å². The number of hydrogen-bond acceptors (Lipinski definition) is 5. The van der Waals surface area contributed by atoms with E-state index in [0.717, 1.165) is 0 Å². The first-order valence-electron chi connectivity index (χ1n) is 7.89. The molecule has 2 aromatic rings. The Labute approximate surface area is 158 Å². The number of nitrogens with one attached hydrogen (secondary N) is 1. The van der Waals surface area contributed by atoms with Gasteiger partial charge in [-0.2, -0.15) is 5.26 Å². The van der Waals surface area contributed by atoms with E-state index >= 15 is 0 Å². The van der Waals surface area contributed by atoms with Crippen LogP contribution in [0.15, 0.2) is 47.4 Å². The molecule has 0 spiro atoms. The van der Waals surface area contributed by atoms with E-state index < -0.39 is 10.0 Å². The quantitative estimate of drug-likeness (QED) is 0.737. The molecule has 0 aromatic heterocycles. The van der Waals surface area contributed by atoms with E-state index in [0.29, 0.717) is 24.5 Å². The summed E-state index contributed by atoms with van der Waals surface area (Å²) in [6, 6.07) is 12.5. The Morgan fingerprint density at radius 3 is 2.50 bits per heavy atom. The molecule has 0 aliphatic heterocycles. The summed E-state index contributed by atoms with van der Waals surface area (Å²) >= 11 is 5.97. The van der Waals surface area contributed by atoms with Crippen molar-refractivity contribution in [2.24, 2.45) is 0 Å². The van der Waals surface area contributed by atoms with Crippen LogP contribution in [-0.2, 0) is 14.8 Å². The summed E-state index contributed by atoms with van der Waals surface area (Å²) in [5.74, 6) is 0.700. The van der Waals surface area contributed by atoms with E-state index in [1.807, 2.05) is 13.0 Å². The lowest BCUT2D eigenvalue weighted by molar-refractivity contribution is 0.173. The van der Waals surface area contributed by atoms with Crippen LogP contribution in [0.3, 0.4) is 0 Å². The summed E-state index contributed by atoms with van der Waals surface area (Å²) in [5.41, 5.74) is 0.220. The maximum atomic E-state index is 12.4. The fourth-order valence-corrected chi connectivity index (χ4v) is 3.75. The van der Waals surface area contributed by atoms with E-state index in [2.05, 4.69) is 4.72 Å². The minimum absolute atomic E-state index is 0.117. The van der Waals surface area contributed by atoms with Gasteiger partial charge in [0.25, 0.3) is 0 Å². The van der Waals surface area contributed by atoms with Gasteiger partial charge in [0.1, 0.15) is 23.1 Å². The number of rotatable bonds is 8. The minimum atomic E-state index is -3.66. The van der Waals surface area contributed by atoms with Crippen molar-refractivity contribution < 1.29 is 17.9 Å². The van der Waals surface area contributed by atoms with Gasteiger partial charge in [0, 0.05) is 13.2 Å². The van der Waals surface area contributed by atoms with Crippen molar-refractivity contribution in [3.05, 3.63) is 53.1 Å². The van der Waals surface area contributed by atoms with E-state index in [-0.39, 0.29) is 21.5 Å². The number of sulfonamides is 1. The molecule has 26 heavy (non-hydrogen) atoms. The Morgan fingerprint density at radius 1 is 1.23 bits per heavy atom. The van der Waals surface area contributed by atoms with Crippen LogP contribution in [0.25, 0.3) is 0 Å². The monoisotopic (exact) mass is 394 g/mol. The van der Waals surface area contributed by atoms with Crippen LogP contribution in [0.5, 0.6) is 11.5 Å². The Bertz CT molecular complexity index is 892. The Kier molecular flexibility index (Phi) is 7.00. The number of nitrogens with zero attached hydrogens (tertiary/aromatic N) is 1. The summed E-state index contributed by atoms with van der Waals surface area (Å²) in [4.78, 5) is 0.117. The van der Waals surface area contributed by atoms with Gasteiger partial charge in [-0.15, -0.1) is 0 Å². The molecule has 0 saturated heterocycles. The number of methoxy groups -OCH3 is 1. The van der Waals surface area contributed by atoms with Gasteiger partial charge in [-0.25, -0.2) is 13.1 Å². The third kappa shape index (κ3) is 4.96. The van der Waals surface area contributed by atoms with Crippen molar-refractivity contribution in [3.8, 4) is 17.6 Å². The van der Waals surface area contributed by atoms with Crippen LogP contribution in [0.4, 0.5) is 0 Å². The molecule has 1 atom stereocenters. The summed E-state index contributed by atoms with van der Waals surface area (Å²) in [6.07, 6.45) is 0.611. The predicted molar refractivity (Wildman–Crippen MR) is 99.0 cm³/mol. The Morgan fingerprint density at radius 2 is 1.92 bits per heavy atom. The van der Waals surface area contributed by atoms with Crippen molar-refractivity contribution >= 4 is 21.6 Å². The highest BCUT2D eigenvalue weighted by Crippen LogP contribution is 2.30. The maximum Gasteiger partial charge on any atom is 0.240 e. The molecule has 0 saturated carbocycles. The SMILES string of the molecule is CCC(COC)NS(=O)(=O)c1ccc(Oc2cccc(Cl)c2C#N)cc1. The smallest absolute Gasteiger partial charge is 0.240 e. The van der Waals surface area contributed by atoms with Gasteiger partial charge in [-0.3, -0.25) is 0 Å². The third-order valence-electron chi connectivity index (χ3n) is 3.63. The fraction of sp³-hybridized carbons (Fsp3) is 0.278. The van der Waals surface area contributed by atoms with E-state index in [9.17, 15) is 8.42 Å². The predicted octanol–water partition coefficient (Wildman–Crippen LogP) is 3.71. The molecule has 0 fully saturated rings. The zero-order chi connectivity index (χ0) is 19.2. The number of nitriles is 1. The van der Waals surface area contributed by atoms with Crippen molar-refractivity contribution in [3.63, 3.8) is 0 Å². The number of hydrogen-bond donors (Lipinski definition) is 1. The molecule has 0 aliphatic carbocycles. The summed E-state index contributed by atoms with van der Waals surface area (Å²) < 4.78 is 38.1. The Hall–Kier alpha value is -2.11. The van der Waals surface area contributed by atoms with Crippen molar-refractivity contribution in [2.75, 3.05) is 13.7 Å². The van der Waals surface area contributed by atoms with Crippen LogP contribution in [-0.4, -0.2) is 28.2 Å². The second-order valence-corrected chi connectivity index (χ2v) is 7.60. The zero-order valence-electron chi connectivity index (χ0n) is 14.4. The van der Waals surface area contributed by atoms with Gasteiger partial charge < -0.3 is 9.47 Å². The van der Waals surface area contributed by atoms with E-state index in [1.165, 1.54) is 31.4 Å². The van der Waals surface area contributed by atoms with Gasteiger partial charge >= 0.3 is 0 Å². The van der Waals surface area contributed by atoms with Gasteiger partial charge in [-0.1, -0.05) is 24.6 Å². The first-order chi connectivity index (χ1) is 12.4. The van der Waals surface area contributed by atoms with Crippen LogP contribution in [0.1, 0.15) is 18.9 Å². The third-order valence-corrected chi connectivity index (χ3v) is 5.48. The molecule has 2 aromatic carbocycles. The highest BCUT2D eigenvalue weighted by molar-refractivity contribution is 7.89. The van der Waals surface area contributed by atoms with Gasteiger partial charge in [0.2, 0.25) is 10.0 Å². The highest BCUT2D eigenvalue weighted by atomic mass is 35.5. The first kappa shape index (κ1) is 20.2. The molecular weight excluding hydrogens is 376 g/mol. The molecule has 0 radical (unpaired) electrons. The molecule has 0 bridgehead atoms. The minimum Gasteiger partial charge on any atom is -0.456 e. The molecule has 1 N–H and O–H groups in total. The lowest BCUT2D eigenvalue weighted by Gasteiger charge is -2.16. The van der Waals surface area contributed by atoms with Crippen LogP contribution in [0, 0.1) is 11.3 Å². The largest absolute Gasteiger partial charge is 0.456 e. The van der Waals surface area contributed by atoms with E-state index in [4.69, 9.17) is 26.3 Å². The normalized spacial score (nSPS) is 12.4. The topological polar surface area (TPSA) is 88.4 Å². The van der Waals surface area contributed by atoms with Gasteiger partial charge in [-0.05, 0) is 42.8 Å². The molecule has 6 nitrogen and oxygen atoms in total. The molecule has 0 amide bonds. The molecule has 138 valence electrons. The van der Waals surface area contributed by atoms with Gasteiger partial charge in [0.15, 0.2) is 0 Å². The second kappa shape index (κ2) is 9.01. The van der Waals surface area contributed by atoms with Crippen LogP contribution >= 0.6 is 11.6 Å². The van der Waals surface area contributed by atoms with Crippen LogP contribution in [0.2, 0.25) is 5.02 Å². The Balaban J connectivity index is 2.18. The maximum absolute atomic E-state index is 12.4. The molecule has 2 rings (SSSR count). The average Bonchev–Trinajstić information content (AvgIpc) is 2.62. The lowest BCUT2D eigenvalue weighted by atomic mass is 10.2. The fourth-order valence-electron chi connectivity index (χ4n) is 2.24. The highest BCUT2D eigenvalue weighted by Gasteiger charge is 2.19.